The molecule has 2 nitrogen and oxygen atoms in total. The fraction of sp³-hybridized carbons (Fsp3) is 0.182. The maximum Gasteiger partial charge on any atom is 0.196 e. The molecule has 0 N–H and O–H groups in total. The van der Waals surface area contributed by atoms with E-state index in [0.717, 1.165) is 13.0 Å². The summed E-state index contributed by atoms with van der Waals surface area (Å²) < 4.78 is 4.65. The minimum Gasteiger partial charge on any atom is -0.128 e. The van der Waals surface area contributed by atoms with Gasteiger partial charge < -0.3 is 0 Å². The molecule has 170 valence electrons. The highest BCUT2D eigenvalue weighted by atomic mass is 15.4. The van der Waals surface area contributed by atoms with Crippen molar-refractivity contribution in [3.05, 3.63) is 143 Å². The first-order valence-electron chi connectivity index (χ1n) is 12.6. The first-order chi connectivity index (χ1) is 17.2. The molecule has 1 aromatic heterocycles. The van der Waals surface area contributed by atoms with E-state index in [1.165, 1.54) is 44.6 Å². The summed E-state index contributed by atoms with van der Waals surface area (Å²) in [6, 6.07) is 38.4. The Balaban J connectivity index is 1.59. The maximum absolute atomic E-state index is 2.52. The third-order valence-electron chi connectivity index (χ3n) is 8.54. The largest absolute Gasteiger partial charge is 0.196 e. The fourth-order valence-corrected chi connectivity index (χ4v) is 6.63. The molecule has 1 aliphatic carbocycles. The summed E-state index contributed by atoms with van der Waals surface area (Å²) in [5.74, 6) is 0. The highest BCUT2D eigenvalue weighted by Crippen LogP contribution is 2.56. The van der Waals surface area contributed by atoms with Crippen molar-refractivity contribution in [1.82, 2.24) is 4.68 Å². The van der Waals surface area contributed by atoms with Crippen molar-refractivity contribution in [1.29, 1.82) is 0 Å². The minimum absolute atomic E-state index is 0.0693. The van der Waals surface area contributed by atoms with Crippen LogP contribution in [0.2, 0.25) is 0 Å². The van der Waals surface area contributed by atoms with Gasteiger partial charge in [0.1, 0.15) is 5.69 Å². The van der Waals surface area contributed by atoms with Crippen LogP contribution in [0, 0.1) is 0 Å². The van der Waals surface area contributed by atoms with E-state index in [1.54, 1.807) is 0 Å². The summed E-state index contributed by atoms with van der Waals surface area (Å²) in [6.07, 6.45) is 5.47. The molecule has 0 bridgehead atoms. The molecule has 0 radical (unpaired) electrons. The Morgan fingerprint density at radius 3 is 2.06 bits per heavy atom. The lowest BCUT2D eigenvalue weighted by molar-refractivity contribution is -0.776. The van der Waals surface area contributed by atoms with Gasteiger partial charge in [0, 0.05) is 6.07 Å². The predicted molar refractivity (Wildman–Crippen MR) is 141 cm³/mol. The molecule has 0 fully saturated rings. The summed E-state index contributed by atoms with van der Waals surface area (Å²) in [6.45, 7) is 5.73. The van der Waals surface area contributed by atoms with Gasteiger partial charge in [-0.2, -0.15) is 0 Å². The molecule has 0 spiro atoms. The quantitative estimate of drug-likeness (QED) is 0.260. The average Bonchev–Trinajstić information content (AvgIpc) is 3.50. The molecule has 2 aliphatic rings. The number of benzene rings is 4. The number of hydrogen-bond donors (Lipinski definition) is 0. The Kier molecular flexibility index (Phi) is 4.26. The van der Waals surface area contributed by atoms with E-state index in [0.29, 0.717) is 0 Å². The van der Waals surface area contributed by atoms with E-state index in [-0.39, 0.29) is 10.8 Å². The van der Waals surface area contributed by atoms with Crippen LogP contribution in [0.4, 0.5) is 0 Å². The van der Waals surface area contributed by atoms with Crippen LogP contribution in [0.5, 0.6) is 0 Å². The van der Waals surface area contributed by atoms with Gasteiger partial charge in [0.15, 0.2) is 12.7 Å². The zero-order chi connectivity index (χ0) is 23.6. The lowest BCUT2D eigenvalue weighted by Crippen LogP contribution is -2.53. The summed E-state index contributed by atoms with van der Waals surface area (Å²) >= 11 is 0. The van der Waals surface area contributed by atoms with E-state index < -0.39 is 0 Å². The first-order valence-corrected chi connectivity index (χ1v) is 12.6. The number of fused-ring (bicyclic) bond motifs is 6. The molecular weight excluding hydrogens is 424 g/mol. The van der Waals surface area contributed by atoms with Crippen LogP contribution < -0.4 is 4.68 Å². The van der Waals surface area contributed by atoms with Crippen molar-refractivity contribution in [3.8, 4) is 16.8 Å². The molecule has 2 heterocycles. The number of aromatic nitrogens is 2. The van der Waals surface area contributed by atoms with Crippen molar-refractivity contribution >= 4 is 0 Å². The van der Waals surface area contributed by atoms with Crippen LogP contribution >= 0.6 is 0 Å². The van der Waals surface area contributed by atoms with Crippen molar-refractivity contribution in [2.24, 2.45) is 0 Å². The summed E-state index contributed by atoms with van der Waals surface area (Å²) in [5, 5.41) is 0. The van der Waals surface area contributed by atoms with E-state index in [2.05, 4.69) is 139 Å². The molecule has 5 aromatic rings. The van der Waals surface area contributed by atoms with Crippen molar-refractivity contribution in [2.45, 2.75) is 37.6 Å². The smallest absolute Gasteiger partial charge is 0.128 e. The predicted octanol–water partition coefficient (Wildman–Crippen LogP) is 6.81. The van der Waals surface area contributed by atoms with Gasteiger partial charge in [0.2, 0.25) is 0 Å². The Morgan fingerprint density at radius 1 is 0.714 bits per heavy atom. The average molecular weight is 454 g/mol. The Hall–Kier alpha value is -3.91. The van der Waals surface area contributed by atoms with Gasteiger partial charge in [-0.15, -0.1) is 9.36 Å². The Morgan fingerprint density at radius 2 is 1.37 bits per heavy atom. The Bertz CT molecular complexity index is 1530. The van der Waals surface area contributed by atoms with Crippen LogP contribution in [0.1, 0.15) is 48.1 Å². The van der Waals surface area contributed by atoms with Gasteiger partial charge in [-0.25, -0.2) is 0 Å². The van der Waals surface area contributed by atoms with Gasteiger partial charge in [0.05, 0.1) is 17.0 Å². The van der Waals surface area contributed by atoms with Crippen molar-refractivity contribution < 1.29 is 4.68 Å². The van der Waals surface area contributed by atoms with Crippen LogP contribution in [0.25, 0.3) is 16.8 Å². The first kappa shape index (κ1) is 20.5. The highest BCUT2D eigenvalue weighted by molar-refractivity contribution is 5.86. The lowest BCUT2D eigenvalue weighted by Gasteiger charge is -2.37. The van der Waals surface area contributed by atoms with Crippen LogP contribution in [0.15, 0.2) is 116 Å². The zero-order valence-corrected chi connectivity index (χ0v) is 20.3. The molecule has 35 heavy (non-hydrogen) atoms. The van der Waals surface area contributed by atoms with Gasteiger partial charge in [-0.3, -0.25) is 0 Å². The second-order valence-corrected chi connectivity index (χ2v) is 10.3. The number of hydrogen-bond acceptors (Lipinski definition) is 0. The molecule has 1 atom stereocenters. The number of rotatable bonds is 3. The van der Waals surface area contributed by atoms with Crippen LogP contribution in [-0.4, -0.2) is 4.68 Å². The second-order valence-electron chi connectivity index (χ2n) is 10.3. The van der Waals surface area contributed by atoms with E-state index in [1.807, 2.05) is 0 Å². The molecule has 1 aliphatic heterocycles. The van der Waals surface area contributed by atoms with E-state index in [4.69, 9.17) is 0 Å². The third-order valence-corrected chi connectivity index (χ3v) is 8.54. The molecule has 2 heteroatoms. The normalized spacial score (nSPS) is 18.9. The highest BCUT2D eigenvalue weighted by Gasteiger charge is 2.47. The lowest BCUT2D eigenvalue weighted by atomic mass is 9.66. The van der Waals surface area contributed by atoms with E-state index >= 15 is 0 Å². The fourth-order valence-electron chi connectivity index (χ4n) is 6.63. The zero-order valence-electron chi connectivity index (χ0n) is 20.3. The van der Waals surface area contributed by atoms with Crippen molar-refractivity contribution in [2.75, 3.05) is 0 Å². The molecule has 7 rings (SSSR count). The molecule has 1 unspecified atom stereocenters. The topological polar surface area (TPSA) is 8.81 Å². The third kappa shape index (κ3) is 2.63. The number of nitrogens with zero attached hydrogens (tertiary/aromatic N) is 2. The van der Waals surface area contributed by atoms with Gasteiger partial charge in [-0.05, 0) is 58.4 Å². The van der Waals surface area contributed by atoms with Crippen molar-refractivity contribution in [3.63, 3.8) is 0 Å². The molecular formula is C33H29N2+. The summed E-state index contributed by atoms with van der Waals surface area (Å²) in [5.41, 5.74) is 10.5. The van der Waals surface area contributed by atoms with Crippen LogP contribution in [-0.2, 0) is 17.4 Å². The minimum atomic E-state index is -0.345. The maximum atomic E-state index is 2.52. The monoisotopic (exact) mass is 453 g/mol. The van der Waals surface area contributed by atoms with Gasteiger partial charge in [-0.1, -0.05) is 97.9 Å². The Labute approximate surface area is 207 Å². The molecule has 0 saturated heterocycles. The summed E-state index contributed by atoms with van der Waals surface area (Å²) in [4.78, 5) is 0. The summed E-state index contributed by atoms with van der Waals surface area (Å²) in [7, 11) is 0. The molecule has 0 saturated carbocycles. The van der Waals surface area contributed by atoms with Gasteiger partial charge >= 0.3 is 0 Å². The standard InChI is InChI=1S/C33H29N2/c1-3-32(2)23-34-20-11-21-35(34)31-19-18-25(22-30(31)32)33(24-12-5-4-6-13-24)28-16-9-7-14-26(28)27-15-8-10-17-29(27)33/h4-22H,3,23H2,1-2H3/q+1. The second kappa shape index (κ2) is 7.29. The molecule has 0 amide bonds. The molecule has 4 aromatic carbocycles. The van der Waals surface area contributed by atoms with Gasteiger partial charge in [0.25, 0.3) is 0 Å². The van der Waals surface area contributed by atoms with E-state index in [9.17, 15) is 0 Å². The SMILES string of the molecule is CCC1(C)C[n+]2cccn2-c2ccc(C3(c4ccccc4)c4ccccc4-c4ccccc43)cc21. The van der Waals surface area contributed by atoms with Crippen LogP contribution in [0.3, 0.4) is 0 Å².